The van der Waals surface area contributed by atoms with Crippen LogP contribution in [0.25, 0.3) is 0 Å². The smallest absolute Gasteiger partial charge is 0.287 e. The lowest BCUT2D eigenvalue weighted by Gasteiger charge is -2.21. The molecule has 0 saturated carbocycles. The van der Waals surface area contributed by atoms with Gasteiger partial charge in [-0.3, -0.25) is 25.2 Å². The van der Waals surface area contributed by atoms with Crippen LogP contribution in [-0.4, -0.2) is 30.4 Å². The molecule has 1 heterocycles. The van der Waals surface area contributed by atoms with E-state index in [2.05, 4.69) is 16.2 Å². The number of carbonyl (C=O) groups is 3. The average molecular weight is 377 g/mol. The Morgan fingerprint density at radius 1 is 1.11 bits per heavy atom. The summed E-state index contributed by atoms with van der Waals surface area (Å²) in [6.45, 7) is 3.11. The molecule has 27 heavy (non-hydrogen) atoms. The molecular formula is C18H20FN3O5. The molecule has 2 rings (SSSR count). The summed E-state index contributed by atoms with van der Waals surface area (Å²) in [4.78, 5) is 36.0. The summed E-state index contributed by atoms with van der Waals surface area (Å²) in [5.74, 6) is -2.03. The molecule has 0 fully saturated rings. The lowest BCUT2D eigenvalue weighted by Crippen LogP contribution is -2.54. The van der Waals surface area contributed by atoms with Crippen LogP contribution < -0.4 is 20.9 Å². The Balaban J connectivity index is 1.81. The zero-order valence-corrected chi connectivity index (χ0v) is 14.8. The van der Waals surface area contributed by atoms with E-state index in [9.17, 15) is 18.8 Å². The van der Waals surface area contributed by atoms with Gasteiger partial charge in [0.05, 0.1) is 6.26 Å². The summed E-state index contributed by atoms with van der Waals surface area (Å²) >= 11 is 0. The second-order valence-electron chi connectivity index (χ2n) is 5.95. The van der Waals surface area contributed by atoms with Crippen LogP contribution in [0.1, 0.15) is 24.4 Å². The SMILES string of the molecule is CC(C)[C@H](NC(=O)c1ccco1)C(=O)NNC(=O)COc1ccc(F)cc1. The van der Waals surface area contributed by atoms with E-state index in [0.29, 0.717) is 5.75 Å². The molecule has 0 spiro atoms. The quantitative estimate of drug-likeness (QED) is 0.632. The molecule has 3 amide bonds. The van der Waals surface area contributed by atoms with Crippen molar-refractivity contribution >= 4 is 17.7 Å². The number of rotatable bonds is 7. The third-order valence-corrected chi connectivity index (χ3v) is 3.49. The molecule has 0 aliphatic carbocycles. The highest BCUT2D eigenvalue weighted by molar-refractivity contribution is 5.96. The Morgan fingerprint density at radius 2 is 1.81 bits per heavy atom. The number of carbonyl (C=O) groups excluding carboxylic acids is 3. The van der Waals surface area contributed by atoms with E-state index in [4.69, 9.17) is 9.15 Å². The Kier molecular flexibility index (Phi) is 6.93. The van der Waals surface area contributed by atoms with E-state index in [-0.39, 0.29) is 18.3 Å². The lowest BCUT2D eigenvalue weighted by molar-refractivity contribution is -0.131. The maximum atomic E-state index is 12.8. The van der Waals surface area contributed by atoms with Gasteiger partial charge >= 0.3 is 0 Å². The minimum absolute atomic E-state index is 0.0742. The van der Waals surface area contributed by atoms with E-state index < -0.39 is 29.6 Å². The standard InChI is InChI=1S/C18H20FN3O5/c1-11(2)16(20-17(24)14-4-3-9-26-14)18(25)22-21-15(23)10-27-13-7-5-12(19)6-8-13/h3-9,11,16H,10H2,1-2H3,(H,20,24)(H,21,23)(H,22,25)/t16-/m0/s1. The molecule has 0 bridgehead atoms. The van der Waals surface area contributed by atoms with Gasteiger partial charge in [-0.2, -0.15) is 0 Å². The van der Waals surface area contributed by atoms with Crippen LogP contribution in [0.4, 0.5) is 4.39 Å². The number of hydrogen-bond acceptors (Lipinski definition) is 5. The monoisotopic (exact) mass is 377 g/mol. The molecule has 0 unspecified atom stereocenters. The van der Waals surface area contributed by atoms with Crippen molar-refractivity contribution in [3.63, 3.8) is 0 Å². The van der Waals surface area contributed by atoms with Crippen molar-refractivity contribution < 1.29 is 27.9 Å². The molecule has 0 aliphatic heterocycles. The number of hydrazine groups is 1. The maximum Gasteiger partial charge on any atom is 0.287 e. The summed E-state index contributed by atoms with van der Waals surface area (Å²) in [7, 11) is 0. The highest BCUT2D eigenvalue weighted by atomic mass is 19.1. The van der Waals surface area contributed by atoms with Crippen LogP contribution in [0.5, 0.6) is 5.75 Å². The first-order valence-electron chi connectivity index (χ1n) is 8.18. The van der Waals surface area contributed by atoms with Gasteiger partial charge in [0.15, 0.2) is 12.4 Å². The Morgan fingerprint density at radius 3 is 2.41 bits per heavy atom. The molecule has 0 saturated heterocycles. The topological polar surface area (TPSA) is 110 Å². The molecule has 9 heteroatoms. The highest BCUT2D eigenvalue weighted by Crippen LogP contribution is 2.10. The Labute approximate surface area is 155 Å². The summed E-state index contributed by atoms with van der Waals surface area (Å²) in [5, 5.41) is 2.54. The fraction of sp³-hybridized carbons (Fsp3) is 0.278. The summed E-state index contributed by atoms with van der Waals surface area (Å²) in [5.41, 5.74) is 4.43. The van der Waals surface area contributed by atoms with E-state index >= 15 is 0 Å². The predicted octanol–water partition coefficient (Wildman–Crippen LogP) is 1.40. The molecule has 3 N–H and O–H groups in total. The average Bonchev–Trinajstić information content (AvgIpc) is 3.18. The first-order chi connectivity index (χ1) is 12.9. The molecule has 0 radical (unpaired) electrons. The number of hydrogen-bond donors (Lipinski definition) is 3. The largest absolute Gasteiger partial charge is 0.484 e. The van der Waals surface area contributed by atoms with E-state index in [0.717, 1.165) is 0 Å². The Bertz CT molecular complexity index is 775. The van der Waals surface area contributed by atoms with Crippen molar-refractivity contribution in [1.29, 1.82) is 0 Å². The minimum Gasteiger partial charge on any atom is -0.484 e. The van der Waals surface area contributed by atoms with Crippen molar-refractivity contribution in [3.05, 3.63) is 54.2 Å². The van der Waals surface area contributed by atoms with Gasteiger partial charge in [0.25, 0.3) is 17.7 Å². The molecule has 8 nitrogen and oxygen atoms in total. The highest BCUT2D eigenvalue weighted by Gasteiger charge is 2.25. The summed E-state index contributed by atoms with van der Waals surface area (Å²) in [6.07, 6.45) is 1.35. The van der Waals surface area contributed by atoms with Crippen LogP contribution in [0.2, 0.25) is 0 Å². The maximum absolute atomic E-state index is 12.8. The van der Waals surface area contributed by atoms with Gasteiger partial charge in [-0.05, 0) is 42.3 Å². The second kappa shape index (κ2) is 9.37. The third-order valence-electron chi connectivity index (χ3n) is 3.49. The molecule has 1 aromatic heterocycles. The van der Waals surface area contributed by atoms with Gasteiger partial charge in [0.2, 0.25) is 0 Å². The van der Waals surface area contributed by atoms with Gasteiger partial charge in [-0.25, -0.2) is 4.39 Å². The molecule has 0 aliphatic rings. The van der Waals surface area contributed by atoms with Crippen molar-refractivity contribution in [2.75, 3.05) is 6.61 Å². The summed E-state index contributed by atoms with van der Waals surface area (Å²) in [6, 6.07) is 7.29. The number of amides is 3. The lowest BCUT2D eigenvalue weighted by atomic mass is 10.0. The van der Waals surface area contributed by atoms with Crippen molar-refractivity contribution in [3.8, 4) is 5.75 Å². The van der Waals surface area contributed by atoms with Gasteiger partial charge < -0.3 is 14.5 Å². The normalized spacial score (nSPS) is 11.6. The fourth-order valence-electron chi connectivity index (χ4n) is 2.08. The Hall–Kier alpha value is -3.36. The van der Waals surface area contributed by atoms with Crippen molar-refractivity contribution in [2.24, 2.45) is 5.92 Å². The molecular weight excluding hydrogens is 357 g/mol. The predicted molar refractivity (Wildman–Crippen MR) is 93.0 cm³/mol. The fourth-order valence-corrected chi connectivity index (χ4v) is 2.08. The van der Waals surface area contributed by atoms with Gasteiger partial charge in [-0.1, -0.05) is 13.8 Å². The van der Waals surface area contributed by atoms with Crippen molar-refractivity contribution in [2.45, 2.75) is 19.9 Å². The first-order valence-corrected chi connectivity index (χ1v) is 8.18. The number of ether oxygens (including phenoxy) is 1. The van der Waals surface area contributed by atoms with Gasteiger partial charge in [-0.15, -0.1) is 0 Å². The molecule has 1 atom stereocenters. The molecule has 1 aromatic carbocycles. The third kappa shape index (κ3) is 6.14. The van der Waals surface area contributed by atoms with Gasteiger partial charge in [0.1, 0.15) is 17.6 Å². The first kappa shape index (κ1) is 20.0. The number of nitrogens with one attached hydrogen (secondary N) is 3. The minimum atomic E-state index is -0.888. The summed E-state index contributed by atoms with van der Waals surface area (Å²) < 4.78 is 22.9. The van der Waals surface area contributed by atoms with Crippen LogP contribution in [0.3, 0.4) is 0 Å². The van der Waals surface area contributed by atoms with E-state index in [1.165, 1.54) is 36.6 Å². The van der Waals surface area contributed by atoms with Crippen LogP contribution in [0, 0.1) is 11.7 Å². The van der Waals surface area contributed by atoms with Crippen molar-refractivity contribution in [1.82, 2.24) is 16.2 Å². The van der Waals surface area contributed by atoms with E-state index in [1.54, 1.807) is 19.9 Å². The van der Waals surface area contributed by atoms with Crippen LogP contribution >= 0.6 is 0 Å². The zero-order valence-electron chi connectivity index (χ0n) is 14.8. The molecule has 144 valence electrons. The number of halogens is 1. The van der Waals surface area contributed by atoms with Gasteiger partial charge in [0, 0.05) is 0 Å². The van der Waals surface area contributed by atoms with Crippen LogP contribution in [-0.2, 0) is 9.59 Å². The van der Waals surface area contributed by atoms with Crippen LogP contribution in [0.15, 0.2) is 47.1 Å². The number of furan rings is 1. The zero-order chi connectivity index (χ0) is 19.8. The second-order valence-corrected chi connectivity index (χ2v) is 5.95. The number of benzene rings is 1. The molecule has 2 aromatic rings. The van der Waals surface area contributed by atoms with E-state index in [1.807, 2.05) is 0 Å².